The van der Waals surface area contributed by atoms with Crippen molar-refractivity contribution in [3.63, 3.8) is 0 Å². The van der Waals surface area contributed by atoms with Crippen molar-refractivity contribution in [2.24, 2.45) is 0 Å². The summed E-state index contributed by atoms with van der Waals surface area (Å²) >= 11 is 8.10. The number of nitrogens with zero attached hydrogens (tertiary/aromatic N) is 3. The van der Waals surface area contributed by atoms with E-state index in [1.807, 2.05) is 73.7 Å². The molecule has 5 nitrogen and oxygen atoms in total. The SMILES string of the molecule is Cc1cccc(CSc2nnc(C(Cc3ccccc3)NC(=O)Cc3ccccc3)n2-c2cc(Cl)ccc2C)c1. The van der Waals surface area contributed by atoms with Crippen molar-refractivity contribution in [1.82, 2.24) is 20.1 Å². The van der Waals surface area contributed by atoms with Gasteiger partial charge in [-0.3, -0.25) is 9.36 Å². The van der Waals surface area contributed by atoms with Crippen molar-refractivity contribution in [1.29, 1.82) is 0 Å². The zero-order valence-electron chi connectivity index (χ0n) is 22.5. The van der Waals surface area contributed by atoms with Gasteiger partial charge in [0.1, 0.15) is 0 Å². The molecule has 40 heavy (non-hydrogen) atoms. The first-order valence-corrected chi connectivity index (χ1v) is 14.6. The van der Waals surface area contributed by atoms with Crippen LogP contribution in [0.2, 0.25) is 5.02 Å². The summed E-state index contributed by atoms with van der Waals surface area (Å²) < 4.78 is 2.05. The summed E-state index contributed by atoms with van der Waals surface area (Å²) in [5.74, 6) is 1.34. The van der Waals surface area contributed by atoms with Gasteiger partial charge in [0.2, 0.25) is 5.91 Å². The third kappa shape index (κ3) is 7.00. The van der Waals surface area contributed by atoms with Gasteiger partial charge in [0.25, 0.3) is 0 Å². The van der Waals surface area contributed by atoms with E-state index in [0.717, 1.165) is 33.3 Å². The Kier molecular flexibility index (Phi) is 8.99. The van der Waals surface area contributed by atoms with Crippen LogP contribution in [0.1, 0.15) is 39.7 Å². The number of carbonyl (C=O) groups excluding carboxylic acids is 1. The van der Waals surface area contributed by atoms with E-state index in [0.29, 0.717) is 17.3 Å². The van der Waals surface area contributed by atoms with Crippen molar-refractivity contribution in [3.8, 4) is 5.69 Å². The van der Waals surface area contributed by atoms with Gasteiger partial charge in [0.15, 0.2) is 11.0 Å². The molecule has 0 bridgehead atoms. The Morgan fingerprint density at radius 2 is 1.55 bits per heavy atom. The molecule has 1 amide bonds. The van der Waals surface area contributed by atoms with E-state index in [-0.39, 0.29) is 12.3 Å². The van der Waals surface area contributed by atoms with Gasteiger partial charge in [-0.15, -0.1) is 10.2 Å². The van der Waals surface area contributed by atoms with E-state index in [4.69, 9.17) is 11.6 Å². The molecule has 0 saturated heterocycles. The second-order valence-electron chi connectivity index (χ2n) is 9.86. The minimum absolute atomic E-state index is 0.0709. The van der Waals surface area contributed by atoms with Crippen LogP contribution in [0.3, 0.4) is 0 Å². The highest BCUT2D eigenvalue weighted by atomic mass is 35.5. The summed E-state index contributed by atoms with van der Waals surface area (Å²) in [6, 6.07) is 33.8. The lowest BCUT2D eigenvalue weighted by Crippen LogP contribution is -2.33. The van der Waals surface area contributed by atoms with Gasteiger partial charge in [-0.1, -0.05) is 120 Å². The lowest BCUT2D eigenvalue weighted by molar-refractivity contribution is -0.121. The van der Waals surface area contributed by atoms with E-state index in [1.54, 1.807) is 11.8 Å². The fraction of sp³-hybridized carbons (Fsp3) is 0.182. The summed E-state index contributed by atoms with van der Waals surface area (Å²) in [7, 11) is 0. The van der Waals surface area contributed by atoms with E-state index >= 15 is 0 Å². The fourth-order valence-corrected chi connectivity index (χ4v) is 5.74. The zero-order valence-corrected chi connectivity index (χ0v) is 24.1. The second kappa shape index (κ2) is 13.0. The minimum atomic E-state index is -0.405. The molecule has 202 valence electrons. The highest BCUT2D eigenvalue weighted by Crippen LogP contribution is 2.31. The highest BCUT2D eigenvalue weighted by Gasteiger charge is 2.26. The van der Waals surface area contributed by atoms with Gasteiger partial charge in [-0.25, -0.2) is 0 Å². The number of carbonyl (C=O) groups is 1. The largest absolute Gasteiger partial charge is 0.345 e. The molecule has 1 unspecified atom stereocenters. The standard InChI is InChI=1S/C33H31ClN4OS/c1-23-10-9-15-27(18-23)22-40-33-37-36-32(38(33)30-21-28(34)17-16-24(30)2)29(19-25-11-5-3-6-12-25)35-31(39)20-26-13-7-4-8-14-26/h3-18,21,29H,19-20,22H2,1-2H3,(H,35,39). The Labute approximate surface area is 244 Å². The van der Waals surface area contributed by atoms with Crippen LogP contribution in [0.25, 0.3) is 5.69 Å². The fourth-order valence-electron chi connectivity index (χ4n) is 4.68. The van der Waals surface area contributed by atoms with Crippen LogP contribution < -0.4 is 5.32 Å². The first-order chi connectivity index (χ1) is 19.5. The van der Waals surface area contributed by atoms with Gasteiger partial charge >= 0.3 is 0 Å². The Balaban J connectivity index is 1.53. The molecule has 0 aliphatic rings. The zero-order chi connectivity index (χ0) is 27.9. The lowest BCUT2D eigenvalue weighted by Gasteiger charge is -2.21. The maximum absolute atomic E-state index is 13.3. The van der Waals surface area contributed by atoms with Crippen molar-refractivity contribution >= 4 is 29.3 Å². The van der Waals surface area contributed by atoms with Crippen LogP contribution in [0.5, 0.6) is 0 Å². The molecule has 0 saturated carbocycles. The van der Waals surface area contributed by atoms with Gasteiger partial charge in [-0.05, 0) is 54.7 Å². The lowest BCUT2D eigenvalue weighted by atomic mass is 10.0. The number of hydrogen-bond donors (Lipinski definition) is 1. The van der Waals surface area contributed by atoms with Crippen LogP contribution in [0, 0.1) is 13.8 Å². The third-order valence-electron chi connectivity index (χ3n) is 6.66. The van der Waals surface area contributed by atoms with Gasteiger partial charge in [0.05, 0.1) is 18.2 Å². The van der Waals surface area contributed by atoms with Crippen LogP contribution in [0.15, 0.2) is 108 Å². The van der Waals surface area contributed by atoms with E-state index < -0.39 is 6.04 Å². The van der Waals surface area contributed by atoms with E-state index in [1.165, 1.54) is 11.1 Å². The summed E-state index contributed by atoms with van der Waals surface area (Å²) in [5.41, 5.74) is 6.42. The van der Waals surface area contributed by atoms with Crippen LogP contribution in [0.4, 0.5) is 0 Å². The molecule has 0 aliphatic heterocycles. The maximum atomic E-state index is 13.3. The predicted molar refractivity (Wildman–Crippen MR) is 163 cm³/mol. The summed E-state index contributed by atoms with van der Waals surface area (Å²) in [6.07, 6.45) is 0.854. The second-order valence-corrected chi connectivity index (χ2v) is 11.2. The molecule has 0 spiro atoms. The number of hydrogen-bond acceptors (Lipinski definition) is 4. The molecule has 1 aromatic heterocycles. The first kappa shape index (κ1) is 27.7. The number of amides is 1. The molecule has 4 aromatic carbocycles. The number of rotatable bonds is 10. The molecule has 5 rings (SSSR count). The number of halogens is 1. The number of nitrogens with one attached hydrogen (secondary N) is 1. The number of thioether (sulfide) groups is 1. The van der Waals surface area contributed by atoms with Crippen molar-refractivity contribution in [2.75, 3.05) is 0 Å². The Morgan fingerprint density at radius 3 is 2.27 bits per heavy atom. The normalized spacial score (nSPS) is 11.8. The predicted octanol–water partition coefficient (Wildman–Crippen LogP) is 7.47. The number of aryl methyl sites for hydroxylation is 2. The summed E-state index contributed by atoms with van der Waals surface area (Å²) in [4.78, 5) is 13.3. The highest BCUT2D eigenvalue weighted by molar-refractivity contribution is 7.98. The van der Waals surface area contributed by atoms with E-state index in [9.17, 15) is 4.79 Å². The molecule has 1 heterocycles. The molecular formula is C33H31ClN4OS. The maximum Gasteiger partial charge on any atom is 0.225 e. The van der Waals surface area contributed by atoms with Gasteiger partial charge in [0, 0.05) is 10.8 Å². The smallest absolute Gasteiger partial charge is 0.225 e. The van der Waals surface area contributed by atoms with E-state index in [2.05, 4.69) is 63.4 Å². The van der Waals surface area contributed by atoms with Gasteiger partial charge < -0.3 is 5.32 Å². The molecular weight excluding hydrogens is 536 g/mol. The Hall–Kier alpha value is -3.87. The molecule has 0 fully saturated rings. The van der Waals surface area contributed by atoms with Gasteiger partial charge in [-0.2, -0.15) is 0 Å². The quantitative estimate of drug-likeness (QED) is 0.178. The van der Waals surface area contributed by atoms with Crippen molar-refractivity contribution < 1.29 is 4.79 Å². The van der Waals surface area contributed by atoms with Crippen LogP contribution in [-0.2, 0) is 23.4 Å². The molecule has 0 aliphatic carbocycles. The van der Waals surface area contributed by atoms with Crippen molar-refractivity contribution in [2.45, 2.75) is 43.6 Å². The molecule has 1 atom stereocenters. The molecule has 0 radical (unpaired) electrons. The minimum Gasteiger partial charge on any atom is -0.345 e. The topological polar surface area (TPSA) is 59.8 Å². The molecule has 1 N–H and O–H groups in total. The summed E-state index contributed by atoms with van der Waals surface area (Å²) in [5, 5.41) is 14.0. The number of benzene rings is 4. The average Bonchev–Trinajstić information content (AvgIpc) is 3.38. The third-order valence-corrected chi connectivity index (χ3v) is 7.89. The first-order valence-electron chi connectivity index (χ1n) is 13.2. The summed E-state index contributed by atoms with van der Waals surface area (Å²) in [6.45, 7) is 4.14. The van der Waals surface area contributed by atoms with Crippen molar-refractivity contribution in [3.05, 3.63) is 142 Å². The average molecular weight is 567 g/mol. The monoisotopic (exact) mass is 566 g/mol. The molecule has 7 heteroatoms. The number of aromatic nitrogens is 3. The van der Waals surface area contributed by atoms with Crippen LogP contribution in [-0.4, -0.2) is 20.7 Å². The Bertz CT molecular complexity index is 1590. The molecule has 5 aromatic rings. The Morgan fingerprint density at radius 1 is 0.850 bits per heavy atom. The van der Waals surface area contributed by atoms with Crippen LogP contribution >= 0.6 is 23.4 Å².